The van der Waals surface area contributed by atoms with Gasteiger partial charge in [-0.25, -0.2) is 0 Å². The van der Waals surface area contributed by atoms with Gasteiger partial charge in [-0.1, -0.05) is 0 Å². The van der Waals surface area contributed by atoms with Crippen LogP contribution in [0.5, 0.6) is 0 Å². The molecule has 0 atom stereocenters. The quantitative estimate of drug-likeness (QED) is 0.599. The maximum Gasteiger partial charge on any atom is 0.471 e. The molecule has 78 valence electrons. The molecule has 0 N–H and O–H groups in total. The maximum absolute atomic E-state index is 12.0. The van der Waals surface area contributed by atoms with Crippen molar-refractivity contribution in [2.24, 2.45) is 5.92 Å². The average Bonchev–Trinajstić information content (AvgIpc) is 2.15. The number of alkyl halides is 3. The lowest BCUT2D eigenvalue weighted by molar-refractivity contribution is -0.186. The Hall–Kier alpha value is -1.25. The van der Waals surface area contributed by atoms with Gasteiger partial charge in [-0.3, -0.25) is 4.79 Å². The molecule has 0 bridgehead atoms. The molecule has 1 amide bonds. The Morgan fingerprint density at radius 2 is 1.86 bits per heavy atom. The minimum atomic E-state index is -4.79. The average molecular weight is 206 g/mol. The van der Waals surface area contributed by atoms with E-state index in [1.807, 2.05) is 6.07 Å². The second-order valence-corrected chi connectivity index (χ2v) is 3.19. The van der Waals surface area contributed by atoms with Gasteiger partial charge in [-0.15, -0.1) is 0 Å². The van der Waals surface area contributed by atoms with Gasteiger partial charge in [0, 0.05) is 19.0 Å². The summed E-state index contributed by atoms with van der Waals surface area (Å²) < 4.78 is 35.9. The number of piperidine rings is 1. The van der Waals surface area contributed by atoms with E-state index in [4.69, 9.17) is 5.26 Å². The monoisotopic (exact) mass is 206 g/mol. The van der Waals surface area contributed by atoms with Crippen molar-refractivity contribution in [1.82, 2.24) is 4.90 Å². The third-order valence-corrected chi connectivity index (χ3v) is 2.21. The zero-order valence-electron chi connectivity index (χ0n) is 7.34. The second-order valence-electron chi connectivity index (χ2n) is 3.19. The number of nitriles is 1. The molecule has 1 rings (SSSR count). The lowest BCUT2D eigenvalue weighted by Crippen LogP contribution is -2.45. The largest absolute Gasteiger partial charge is 0.471 e. The van der Waals surface area contributed by atoms with Crippen molar-refractivity contribution in [3.05, 3.63) is 0 Å². The summed E-state index contributed by atoms with van der Waals surface area (Å²) in [6, 6.07) is 1.98. The number of rotatable bonds is 0. The topological polar surface area (TPSA) is 44.1 Å². The Kier molecular flexibility index (Phi) is 2.99. The molecular formula is C8H9F3N2O. The molecule has 0 aliphatic carbocycles. The van der Waals surface area contributed by atoms with E-state index in [9.17, 15) is 18.0 Å². The van der Waals surface area contributed by atoms with Gasteiger partial charge in [0.25, 0.3) is 0 Å². The summed E-state index contributed by atoms with van der Waals surface area (Å²) in [5.41, 5.74) is 0. The number of nitrogens with zero attached hydrogens (tertiary/aromatic N) is 2. The SMILES string of the molecule is N#CC1CCN(C(=O)C(F)(F)F)CC1. The number of halogens is 3. The van der Waals surface area contributed by atoms with Crippen molar-refractivity contribution < 1.29 is 18.0 Å². The first-order valence-corrected chi connectivity index (χ1v) is 4.21. The van der Waals surface area contributed by atoms with Crippen molar-refractivity contribution in [3.63, 3.8) is 0 Å². The predicted octanol–water partition coefficient (Wildman–Crippen LogP) is 1.31. The fourth-order valence-electron chi connectivity index (χ4n) is 1.39. The smallest absolute Gasteiger partial charge is 0.335 e. The van der Waals surface area contributed by atoms with Crippen LogP contribution in [0.3, 0.4) is 0 Å². The maximum atomic E-state index is 12.0. The van der Waals surface area contributed by atoms with Crippen LogP contribution < -0.4 is 0 Å². The molecule has 0 aromatic heterocycles. The molecule has 1 heterocycles. The summed E-state index contributed by atoms with van der Waals surface area (Å²) in [7, 11) is 0. The molecule has 0 aromatic carbocycles. The van der Waals surface area contributed by atoms with Crippen molar-refractivity contribution in [1.29, 1.82) is 5.26 Å². The molecule has 14 heavy (non-hydrogen) atoms. The van der Waals surface area contributed by atoms with Crippen molar-refractivity contribution >= 4 is 5.91 Å². The zero-order valence-corrected chi connectivity index (χ0v) is 7.34. The van der Waals surface area contributed by atoms with E-state index >= 15 is 0 Å². The third kappa shape index (κ3) is 2.37. The Balaban J connectivity index is 2.51. The molecule has 0 unspecified atom stereocenters. The number of hydrogen-bond acceptors (Lipinski definition) is 2. The molecule has 1 aliphatic heterocycles. The van der Waals surface area contributed by atoms with Gasteiger partial charge in [-0.2, -0.15) is 18.4 Å². The molecule has 0 aromatic rings. The van der Waals surface area contributed by atoms with E-state index in [1.54, 1.807) is 0 Å². The number of hydrogen-bond donors (Lipinski definition) is 0. The van der Waals surface area contributed by atoms with Crippen LogP contribution in [0.15, 0.2) is 0 Å². The van der Waals surface area contributed by atoms with Crippen LogP contribution in [0, 0.1) is 17.2 Å². The first kappa shape index (κ1) is 10.8. The fraction of sp³-hybridized carbons (Fsp3) is 0.750. The van der Waals surface area contributed by atoms with Gasteiger partial charge in [0.2, 0.25) is 0 Å². The first-order valence-electron chi connectivity index (χ1n) is 4.21. The molecule has 1 fully saturated rings. The highest BCUT2D eigenvalue weighted by Gasteiger charge is 2.43. The molecule has 3 nitrogen and oxygen atoms in total. The van der Waals surface area contributed by atoms with Crippen LogP contribution in [0.1, 0.15) is 12.8 Å². The van der Waals surface area contributed by atoms with Gasteiger partial charge in [0.15, 0.2) is 0 Å². The first-order chi connectivity index (χ1) is 6.45. The number of likely N-dealkylation sites (tertiary alicyclic amines) is 1. The van der Waals surface area contributed by atoms with Crippen molar-refractivity contribution in [3.8, 4) is 6.07 Å². The summed E-state index contributed by atoms with van der Waals surface area (Å²) in [4.78, 5) is 11.5. The van der Waals surface area contributed by atoms with E-state index in [-0.39, 0.29) is 19.0 Å². The van der Waals surface area contributed by atoms with Gasteiger partial charge in [-0.05, 0) is 12.8 Å². The zero-order chi connectivity index (χ0) is 10.8. The van der Waals surface area contributed by atoms with Crippen LogP contribution in [-0.4, -0.2) is 30.1 Å². The Labute approximate surface area is 79.1 Å². The Morgan fingerprint density at radius 1 is 1.36 bits per heavy atom. The van der Waals surface area contributed by atoms with Crippen molar-refractivity contribution in [2.45, 2.75) is 19.0 Å². The molecular weight excluding hydrogens is 197 g/mol. The highest BCUT2D eigenvalue weighted by atomic mass is 19.4. The standard InChI is InChI=1S/C8H9F3N2O/c9-8(10,11)7(14)13-3-1-6(5-12)2-4-13/h6H,1-4H2. The van der Waals surface area contributed by atoms with E-state index in [0.717, 1.165) is 4.90 Å². The van der Waals surface area contributed by atoms with E-state index in [2.05, 4.69) is 0 Å². The number of carbonyl (C=O) groups excluding carboxylic acids is 1. The summed E-state index contributed by atoms with van der Waals surface area (Å²) in [6.45, 7) is 0.0488. The Bertz CT molecular complexity index is 261. The summed E-state index contributed by atoms with van der Waals surface area (Å²) in [6.07, 6.45) is -4.13. The molecule has 0 radical (unpaired) electrons. The number of carbonyl (C=O) groups is 1. The van der Waals surface area contributed by atoms with E-state index in [1.165, 1.54) is 0 Å². The minimum Gasteiger partial charge on any atom is -0.335 e. The van der Waals surface area contributed by atoms with Crippen LogP contribution in [0.25, 0.3) is 0 Å². The molecule has 0 saturated carbocycles. The van der Waals surface area contributed by atoms with Crippen LogP contribution in [0.2, 0.25) is 0 Å². The highest BCUT2D eigenvalue weighted by Crippen LogP contribution is 2.23. The summed E-state index contributed by atoms with van der Waals surface area (Å²) in [5.74, 6) is -2.01. The second kappa shape index (κ2) is 3.86. The van der Waals surface area contributed by atoms with E-state index < -0.39 is 12.1 Å². The lowest BCUT2D eigenvalue weighted by atomic mass is 9.98. The van der Waals surface area contributed by atoms with Gasteiger partial charge < -0.3 is 4.90 Å². The van der Waals surface area contributed by atoms with Crippen molar-refractivity contribution in [2.75, 3.05) is 13.1 Å². The predicted molar refractivity (Wildman–Crippen MR) is 41.0 cm³/mol. The van der Waals surface area contributed by atoms with Gasteiger partial charge in [0.05, 0.1) is 6.07 Å². The summed E-state index contributed by atoms with van der Waals surface area (Å²) in [5, 5.41) is 8.50. The van der Waals surface area contributed by atoms with Crippen LogP contribution in [0.4, 0.5) is 13.2 Å². The molecule has 0 spiro atoms. The van der Waals surface area contributed by atoms with Gasteiger partial charge >= 0.3 is 12.1 Å². The van der Waals surface area contributed by atoms with E-state index in [0.29, 0.717) is 12.8 Å². The van der Waals surface area contributed by atoms with Crippen LogP contribution >= 0.6 is 0 Å². The Morgan fingerprint density at radius 3 is 2.21 bits per heavy atom. The highest BCUT2D eigenvalue weighted by molar-refractivity contribution is 5.81. The molecule has 1 aliphatic rings. The fourth-order valence-corrected chi connectivity index (χ4v) is 1.39. The lowest BCUT2D eigenvalue weighted by Gasteiger charge is -2.29. The van der Waals surface area contributed by atoms with Crippen LogP contribution in [-0.2, 0) is 4.79 Å². The third-order valence-electron chi connectivity index (χ3n) is 2.21. The summed E-state index contributed by atoms with van der Waals surface area (Å²) >= 11 is 0. The van der Waals surface area contributed by atoms with Gasteiger partial charge in [0.1, 0.15) is 0 Å². The minimum absolute atomic E-state index is 0.0244. The normalized spacial score (nSPS) is 19.1. The molecule has 6 heteroatoms. The molecule has 1 saturated heterocycles. The number of amides is 1.